The summed E-state index contributed by atoms with van der Waals surface area (Å²) in [7, 11) is 0. The first-order valence-corrected chi connectivity index (χ1v) is 8.93. The van der Waals surface area contributed by atoms with Crippen LogP contribution in [0.2, 0.25) is 0 Å². The van der Waals surface area contributed by atoms with Crippen LogP contribution in [0.5, 0.6) is 0 Å². The van der Waals surface area contributed by atoms with Crippen molar-refractivity contribution >= 4 is 23.4 Å². The van der Waals surface area contributed by atoms with Gasteiger partial charge in [-0.2, -0.15) is 10.2 Å². The number of nitrogens with one attached hydrogen (secondary N) is 1. The van der Waals surface area contributed by atoms with Crippen LogP contribution >= 0.6 is 0 Å². The van der Waals surface area contributed by atoms with E-state index in [0.29, 0.717) is 37.5 Å². The van der Waals surface area contributed by atoms with Crippen molar-refractivity contribution in [3.05, 3.63) is 18.0 Å². The summed E-state index contributed by atoms with van der Waals surface area (Å²) in [5, 5.41) is 8.18. The lowest BCUT2D eigenvalue weighted by molar-refractivity contribution is -0.129. The van der Waals surface area contributed by atoms with Crippen LogP contribution in [-0.4, -0.2) is 68.2 Å². The van der Waals surface area contributed by atoms with E-state index in [1.54, 1.807) is 26.7 Å². The van der Waals surface area contributed by atoms with Gasteiger partial charge in [-0.1, -0.05) is 0 Å². The van der Waals surface area contributed by atoms with Crippen LogP contribution in [0.1, 0.15) is 44.1 Å². The Morgan fingerprint density at radius 3 is 2.35 bits per heavy atom. The predicted molar refractivity (Wildman–Crippen MR) is 94.4 cm³/mol. The summed E-state index contributed by atoms with van der Waals surface area (Å²) in [5.74, 6) is -0.470. The lowest BCUT2D eigenvalue weighted by Gasteiger charge is -2.44. The molecule has 0 bridgehead atoms. The van der Waals surface area contributed by atoms with Gasteiger partial charge >= 0.3 is 0 Å². The van der Waals surface area contributed by atoms with Crippen LogP contribution in [0, 0.1) is 0 Å². The van der Waals surface area contributed by atoms with Crippen molar-refractivity contribution in [2.45, 2.75) is 52.2 Å². The fraction of sp³-hybridized carbons (Fsp3) is 0.588. The number of carbonyl (C=O) groups excluding carboxylic acids is 3. The molecule has 1 fully saturated rings. The van der Waals surface area contributed by atoms with E-state index in [4.69, 9.17) is 0 Å². The van der Waals surface area contributed by atoms with Crippen molar-refractivity contribution in [3.8, 4) is 0 Å². The molecular formula is C17H24N6O3. The molecule has 0 aromatic carbocycles. The molecule has 3 amide bonds. The van der Waals surface area contributed by atoms with Crippen LogP contribution in [-0.2, 0) is 16.1 Å². The van der Waals surface area contributed by atoms with E-state index in [0.717, 1.165) is 0 Å². The monoisotopic (exact) mass is 360 g/mol. The number of aromatic nitrogens is 2. The summed E-state index contributed by atoms with van der Waals surface area (Å²) in [5.41, 5.74) is 3.15. The second-order valence-corrected chi connectivity index (χ2v) is 6.63. The number of carbonyl (C=O) groups is 3. The van der Waals surface area contributed by atoms with Gasteiger partial charge in [0.2, 0.25) is 5.91 Å². The number of hydrogen-bond acceptors (Lipinski definition) is 5. The maximum absolute atomic E-state index is 12.8. The third-order valence-electron chi connectivity index (χ3n) is 5.12. The topological polar surface area (TPSA) is 99.9 Å². The quantitative estimate of drug-likeness (QED) is 0.834. The molecule has 1 saturated heterocycles. The lowest BCUT2D eigenvalue weighted by Crippen LogP contribution is -2.61. The molecule has 1 aromatic heterocycles. The average molecular weight is 360 g/mol. The van der Waals surface area contributed by atoms with Crippen LogP contribution in [0.25, 0.3) is 0 Å². The third-order valence-corrected chi connectivity index (χ3v) is 5.12. The minimum absolute atomic E-state index is 0.120. The minimum atomic E-state index is -0.176. The molecule has 3 rings (SSSR count). The highest BCUT2D eigenvalue weighted by Crippen LogP contribution is 2.20. The second-order valence-electron chi connectivity index (χ2n) is 6.63. The molecule has 0 saturated carbocycles. The van der Waals surface area contributed by atoms with Crippen molar-refractivity contribution in [3.63, 3.8) is 0 Å². The van der Waals surface area contributed by atoms with E-state index in [1.165, 1.54) is 0 Å². The number of piperazine rings is 1. The lowest BCUT2D eigenvalue weighted by atomic mass is 10.0. The molecule has 1 N–H and O–H groups in total. The van der Waals surface area contributed by atoms with Gasteiger partial charge in [0.05, 0.1) is 0 Å². The molecule has 140 valence electrons. The fourth-order valence-corrected chi connectivity index (χ4v) is 3.31. The van der Waals surface area contributed by atoms with Gasteiger partial charge < -0.3 is 9.80 Å². The maximum Gasteiger partial charge on any atom is 0.274 e. The molecule has 0 radical (unpaired) electrons. The largest absolute Gasteiger partial charge is 0.331 e. The molecule has 3 heterocycles. The molecule has 2 aliphatic heterocycles. The Balaban J connectivity index is 1.70. The Kier molecular flexibility index (Phi) is 5.06. The maximum atomic E-state index is 12.8. The zero-order chi connectivity index (χ0) is 18.8. The first-order chi connectivity index (χ1) is 12.4. The predicted octanol–water partition coefficient (Wildman–Crippen LogP) is 0.230. The van der Waals surface area contributed by atoms with Crippen LogP contribution in [0.4, 0.5) is 0 Å². The zero-order valence-corrected chi connectivity index (χ0v) is 15.3. The van der Waals surface area contributed by atoms with Gasteiger partial charge in [0.25, 0.3) is 11.8 Å². The summed E-state index contributed by atoms with van der Waals surface area (Å²) >= 11 is 0. The van der Waals surface area contributed by atoms with Gasteiger partial charge in [0.1, 0.15) is 11.4 Å². The molecule has 9 heteroatoms. The van der Waals surface area contributed by atoms with Gasteiger partial charge in [0.15, 0.2) is 0 Å². The number of hydrogen-bond donors (Lipinski definition) is 1. The smallest absolute Gasteiger partial charge is 0.274 e. The van der Waals surface area contributed by atoms with Crippen molar-refractivity contribution in [1.29, 1.82) is 0 Å². The summed E-state index contributed by atoms with van der Waals surface area (Å²) in [6, 6.07) is 1.42. The van der Waals surface area contributed by atoms with E-state index in [9.17, 15) is 14.4 Å². The molecule has 26 heavy (non-hydrogen) atoms. The Bertz CT molecular complexity index is 755. The van der Waals surface area contributed by atoms with E-state index in [-0.39, 0.29) is 36.2 Å². The van der Waals surface area contributed by atoms with E-state index in [2.05, 4.69) is 15.6 Å². The molecule has 1 aromatic rings. The Morgan fingerprint density at radius 1 is 1.15 bits per heavy atom. The van der Waals surface area contributed by atoms with Gasteiger partial charge in [-0.3, -0.25) is 19.1 Å². The van der Waals surface area contributed by atoms with Crippen molar-refractivity contribution in [1.82, 2.24) is 25.0 Å². The number of amides is 3. The van der Waals surface area contributed by atoms with E-state index >= 15 is 0 Å². The molecule has 9 nitrogen and oxygen atoms in total. The summed E-state index contributed by atoms with van der Waals surface area (Å²) in [6.07, 6.45) is 2.41. The van der Waals surface area contributed by atoms with Gasteiger partial charge in [-0.25, -0.2) is 5.43 Å². The first kappa shape index (κ1) is 18.1. The number of aryl methyl sites for hydroxylation is 1. The number of nitrogens with zero attached hydrogens (tertiary/aromatic N) is 5. The first-order valence-electron chi connectivity index (χ1n) is 8.93. The average Bonchev–Trinajstić information content (AvgIpc) is 3.13. The fourth-order valence-electron chi connectivity index (χ4n) is 3.31. The highest BCUT2D eigenvalue weighted by Gasteiger charge is 2.38. The van der Waals surface area contributed by atoms with Crippen LogP contribution in [0.15, 0.2) is 17.4 Å². The summed E-state index contributed by atoms with van der Waals surface area (Å²) < 4.78 is 1.72. The summed E-state index contributed by atoms with van der Waals surface area (Å²) in [6.45, 7) is 7.40. The highest BCUT2D eigenvalue weighted by molar-refractivity contribution is 6.39. The molecule has 0 aliphatic carbocycles. The van der Waals surface area contributed by atoms with Gasteiger partial charge in [-0.15, -0.1) is 0 Å². The Labute approximate surface area is 152 Å². The molecule has 0 unspecified atom stereocenters. The van der Waals surface area contributed by atoms with E-state index < -0.39 is 0 Å². The van der Waals surface area contributed by atoms with Crippen molar-refractivity contribution in [2.24, 2.45) is 5.10 Å². The molecule has 0 spiro atoms. The minimum Gasteiger partial charge on any atom is -0.331 e. The van der Waals surface area contributed by atoms with Crippen LogP contribution in [0.3, 0.4) is 0 Å². The van der Waals surface area contributed by atoms with Gasteiger partial charge in [-0.05, 0) is 26.8 Å². The number of rotatable bonds is 3. The zero-order valence-electron chi connectivity index (χ0n) is 15.3. The molecule has 2 atom stereocenters. The van der Waals surface area contributed by atoms with Crippen molar-refractivity contribution < 1.29 is 14.4 Å². The van der Waals surface area contributed by atoms with Gasteiger partial charge in [0, 0.05) is 50.8 Å². The second kappa shape index (κ2) is 7.27. The van der Waals surface area contributed by atoms with Crippen molar-refractivity contribution in [2.75, 3.05) is 13.1 Å². The summed E-state index contributed by atoms with van der Waals surface area (Å²) in [4.78, 5) is 40.2. The molecule has 2 aliphatic rings. The Morgan fingerprint density at radius 2 is 1.81 bits per heavy atom. The molecular weight excluding hydrogens is 336 g/mol. The van der Waals surface area contributed by atoms with E-state index in [1.807, 2.05) is 20.8 Å². The normalized spacial score (nSPS) is 23.5. The number of hydrazone groups is 1. The standard InChI is InChI=1S/C17H24N6O3/c1-4-21-8-7-14(20-21)17(26)23-10-9-22(11(2)12(23)3)16(25)13-5-6-15(24)19-18-13/h7-8,11-12H,4-6,9-10H2,1-3H3,(H,19,24)/t11-,12-/m1/s1. The Hall–Kier alpha value is -2.71. The SMILES string of the molecule is CCn1ccc(C(=O)N2CCN(C(=O)C3=NNC(=O)CC3)[C@H](C)[C@H]2C)n1. The highest BCUT2D eigenvalue weighted by atomic mass is 16.2. The van der Waals surface area contributed by atoms with Crippen LogP contribution < -0.4 is 5.43 Å². The third kappa shape index (κ3) is 3.33.